The molecule has 0 heterocycles. The third-order valence-electron chi connectivity index (χ3n) is 3.36. The molecule has 6 heteroatoms. The van der Waals surface area contributed by atoms with Gasteiger partial charge in [-0.25, -0.2) is 0 Å². The first kappa shape index (κ1) is 17.3. The predicted octanol–water partition coefficient (Wildman–Crippen LogP) is 1.50. The van der Waals surface area contributed by atoms with E-state index < -0.39 is 8.80 Å². The largest absolute Gasteiger partial charge is 0.500 e. The minimum atomic E-state index is -2.41. The lowest BCUT2D eigenvalue weighted by molar-refractivity contribution is 0.123. The van der Waals surface area contributed by atoms with Gasteiger partial charge in [-0.1, -0.05) is 24.3 Å². The molecule has 0 spiro atoms. The van der Waals surface area contributed by atoms with Gasteiger partial charge in [0.15, 0.2) is 0 Å². The Kier molecular flexibility index (Phi) is 7.97. The second-order valence-corrected chi connectivity index (χ2v) is 7.69. The monoisotopic (exact) mass is 298 g/mol. The van der Waals surface area contributed by atoms with E-state index in [1.807, 2.05) is 0 Å². The molecule has 0 aliphatic rings. The number of hydrogen-bond acceptors (Lipinski definition) is 5. The molecule has 114 valence electrons. The summed E-state index contributed by atoms with van der Waals surface area (Å²) >= 11 is 0. The highest BCUT2D eigenvalue weighted by atomic mass is 28.4. The second kappa shape index (κ2) is 9.22. The minimum absolute atomic E-state index is 0.589. The van der Waals surface area contributed by atoms with Gasteiger partial charge in [0.2, 0.25) is 0 Å². The molecule has 0 aromatic heterocycles. The molecule has 0 aliphatic carbocycles. The molecule has 0 amide bonds. The van der Waals surface area contributed by atoms with Crippen molar-refractivity contribution in [2.45, 2.75) is 25.6 Å². The Morgan fingerprint density at radius 2 is 1.55 bits per heavy atom. The van der Waals surface area contributed by atoms with E-state index in [1.54, 1.807) is 21.3 Å². The zero-order valence-electron chi connectivity index (χ0n) is 12.6. The van der Waals surface area contributed by atoms with Crippen molar-refractivity contribution >= 4 is 8.80 Å². The van der Waals surface area contributed by atoms with Crippen molar-refractivity contribution in [1.29, 1.82) is 0 Å². The van der Waals surface area contributed by atoms with Crippen LogP contribution in [0.5, 0.6) is 0 Å². The van der Waals surface area contributed by atoms with Crippen LogP contribution in [-0.4, -0.2) is 36.7 Å². The maximum Gasteiger partial charge on any atom is 0.500 e. The Bertz CT molecular complexity index is 361. The zero-order valence-corrected chi connectivity index (χ0v) is 13.6. The molecule has 0 unspecified atom stereocenters. The van der Waals surface area contributed by atoms with Crippen molar-refractivity contribution in [1.82, 2.24) is 5.32 Å². The molecule has 0 radical (unpaired) electrons. The first-order valence-corrected chi connectivity index (χ1v) is 8.77. The van der Waals surface area contributed by atoms with Crippen LogP contribution in [0, 0.1) is 0 Å². The molecule has 5 nitrogen and oxygen atoms in total. The van der Waals surface area contributed by atoms with Crippen molar-refractivity contribution in [3.05, 3.63) is 35.4 Å². The Morgan fingerprint density at radius 1 is 1.00 bits per heavy atom. The van der Waals surface area contributed by atoms with Gasteiger partial charge in [-0.15, -0.1) is 0 Å². The molecule has 0 saturated heterocycles. The Morgan fingerprint density at radius 3 is 2.05 bits per heavy atom. The molecule has 0 aliphatic heterocycles. The third-order valence-corrected chi connectivity index (χ3v) is 6.19. The number of benzene rings is 1. The Labute approximate surface area is 122 Å². The number of hydrogen-bond donors (Lipinski definition) is 2. The van der Waals surface area contributed by atoms with Gasteiger partial charge in [0.05, 0.1) is 0 Å². The normalized spacial score (nSPS) is 11.8. The molecular formula is C14H26N2O3Si. The molecular weight excluding hydrogens is 272 g/mol. The van der Waals surface area contributed by atoms with Gasteiger partial charge in [-0.2, -0.15) is 0 Å². The Balaban J connectivity index is 2.24. The van der Waals surface area contributed by atoms with Gasteiger partial charge in [-0.3, -0.25) is 0 Å². The van der Waals surface area contributed by atoms with E-state index in [9.17, 15) is 0 Å². The highest BCUT2D eigenvalue weighted by Crippen LogP contribution is 2.14. The summed E-state index contributed by atoms with van der Waals surface area (Å²) in [6.07, 6.45) is 0.961. The SMILES string of the molecule is CO[Si](CCCNCc1ccc(CN)cc1)(OC)OC. The quantitative estimate of drug-likeness (QED) is 0.506. The standard InChI is InChI=1S/C14H26N2O3Si/c1-17-20(18-2,19-3)10-4-9-16-12-14-7-5-13(11-15)6-8-14/h5-8,16H,4,9-12,15H2,1-3H3. The van der Waals surface area contributed by atoms with Crippen molar-refractivity contribution < 1.29 is 13.3 Å². The maximum atomic E-state index is 5.57. The summed E-state index contributed by atoms with van der Waals surface area (Å²) < 4.78 is 16.1. The van der Waals surface area contributed by atoms with Crippen LogP contribution in [-0.2, 0) is 26.4 Å². The third kappa shape index (κ3) is 5.32. The Hall–Kier alpha value is -0.763. The first-order valence-electron chi connectivity index (χ1n) is 6.83. The van der Waals surface area contributed by atoms with Crippen LogP contribution in [0.4, 0.5) is 0 Å². The molecule has 1 aromatic rings. The molecule has 0 saturated carbocycles. The van der Waals surface area contributed by atoms with E-state index in [0.29, 0.717) is 6.54 Å². The van der Waals surface area contributed by atoms with Crippen molar-refractivity contribution in [3.8, 4) is 0 Å². The van der Waals surface area contributed by atoms with Gasteiger partial charge < -0.3 is 24.3 Å². The highest BCUT2D eigenvalue weighted by molar-refractivity contribution is 6.60. The van der Waals surface area contributed by atoms with Gasteiger partial charge in [-0.05, 0) is 24.1 Å². The number of rotatable bonds is 10. The van der Waals surface area contributed by atoms with Crippen LogP contribution in [0.2, 0.25) is 6.04 Å². The van der Waals surface area contributed by atoms with E-state index >= 15 is 0 Å². The van der Waals surface area contributed by atoms with Gasteiger partial charge in [0, 0.05) is 40.5 Å². The summed E-state index contributed by atoms with van der Waals surface area (Å²) in [5.74, 6) is 0. The average molecular weight is 298 g/mol. The van der Waals surface area contributed by atoms with E-state index in [2.05, 4.69) is 29.6 Å². The van der Waals surface area contributed by atoms with E-state index in [0.717, 1.165) is 31.1 Å². The summed E-state index contributed by atoms with van der Waals surface area (Å²) in [5, 5.41) is 3.41. The van der Waals surface area contributed by atoms with Gasteiger partial charge in [0.25, 0.3) is 0 Å². The molecule has 0 bridgehead atoms. The van der Waals surface area contributed by atoms with Crippen molar-refractivity contribution in [3.63, 3.8) is 0 Å². The highest BCUT2D eigenvalue weighted by Gasteiger charge is 2.36. The smallest absolute Gasteiger partial charge is 0.377 e. The summed E-state index contributed by atoms with van der Waals surface area (Å²) in [6.45, 7) is 2.35. The fourth-order valence-corrected chi connectivity index (χ4v) is 3.73. The van der Waals surface area contributed by atoms with Crippen LogP contribution in [0.15, 0.2) is 24.3 Å². The van der Waals surface area contributed by atoms with Gasteiger partial charge >= 0.3 is 8.80 Å². The number of nitrogens with two attached hydrogens (primary N) is 1. The van der Waals surface area contributed by atoms with Crippen molar-refractivity contribution in [2.24, 2.45) is 5.73 Å². The first-order chi connectivity index (χ1) is 9.69. The summed E-state index contributed by atoms with van der Waals surface area (Å²) in [4.78, 5) is 0. The molecule has 20 heavy (non-hydrogen) atoms. The van der Waals surface area contributed by atoms with Crippen LogP contribution in [0.25, 0.3) is 0 Å². The van der Waals surface area contributed by atoms with E-state index in [-0.39, 0.29) is 0 Å². The predicted molar refractivity (Wildman–Crippen MR) is 82.2 cm³/mol. The lowest BCUT2D eigenvalue weighted by Crippen LogP contribution is -2.43. The van der Waals surface area contributed by atoms with Crippen molar-refractivity contribution in [2.75, 3.05) is 27.9 Å². The molecule has 3 N–H and O–H groups in total. The van der Waals surface area contributed by atoms with Crippen LogP contribution in [0.1, 0.15) is 17.5 Å². The van der Waals surface area contributed by atoms with E-state index in [1.165, 1.54) is 5.56 Å². The fraction of sp³-hybridized carbons (Fsp3) is 0.571. The second-order valence-electron chi connectivity index (χ2n) is 4.60. The topological polar surface area (TPSA) is 65.7 Å². The average Bonchev–Trinajstić information content (AvgIpc) is 2.52. The van der Waals surface area contributed by atoms with Crippen LogP contribution >= 0.6 is 0 Å². The van der Waals surface area contributed by atoms with Crippen LogP contribution in [0.3, 0.4) is 0 Å². The summed E-state index contributed by atoms with van der Waals surface area (Å²) in [5.41, 5.74) is 7.99. The maximum absolute atomic E-state index is 5.57. The molecule has 0 fully saturated rings. The van der Waals surface area contributed by atoms with Crippen LogP contribution < -0.4 is 11.1 Å². The molecule has 1 aromatic carbocycles. The summed E-state index contributed by atoms with van der Waals surface area (Å²) in [6, 6.07) is 9.16. The fourth-order valence-electron chi connectivity index (χ4n) is 2.01. The lowest BCUT2D eigenvalue weighted by Gasteiger charge is -2.24. The zero-order chi connectivity index (χ0) is 14.8. The molecule has 1 rings (SSSR count). The van der Waals surface area contributed by atoms with E-state index in [4.69, 9.17) is 19.0 Å². The lowest BCUT2D eigenvalue weighted by atomic mass is 10.1. The molecule has 0 atom stereocenters. The van der Waals surface area contributed by atoms with Gasteiger partial charge in [0.1, 0.15) is 0 Å². The number of nitrogens with one attached hydrogen (secondary N) is 1. The summed E-state index contributed by atoms with van der Waals surface area (Å²) in [7, 11) is 2.52. The minimum Gasteiger partial charge on any atom is -0.377 e.